The highest BCUT2D eigenvalue weighted by Gasteiger charge is 2.47. The Morgan fingerprint density at radius 1 is 0.765 bits per heavy atom. The van der Waals surface area contributed by atoms with E-state index in [2.05, 4.69) is 0 Å². The van der Waals surface area contributed by atoms with Crippen LogP contribution in [0.5, 0.6) is 23.0 Å². The summed E-state index contributed by atoms with van der Waals surface area (Å²) in [7, 11) is -0.505. The second-order valence-corrected chi connectivity index (χ2v) is 8.76. The van der Waals surface area contributed by atoms with Gasteiger partial charge in [0.25, 0.3) is 0 Å². The molecule has 0 aliphatic carbocycles. The molecule has 34 heavy (non-hydrogen) atoms. The Morgan fingerprint density at radius 3 is 1.44 bits per heavy atom. The Kier molecular flexibility index (Phi) is 10.1. The summed E-state index contributed by atoms with van der Waals surface area (Å²) in [6.45, 7) is 11.7. The molecule has 0 aliphatic heterocycles. The van der Waals surface area contributed by atoms with E-state index >= 15 is 0 Å². The first-order valence-corrected chi connectivity index (χ1v) is 12.3. The van der Waals surface area contributed by atoms with Gasteiger partial charge in [-0.05, 0) is 58.9 Å². The molecule has 0 heterocycles. The molecule has 2 rings (SSSR count). The molecule has 0 bridgehead atoms. The van der Waals surface area contributed by atoms with Gasteiger partial charge in [-0.15, -0.1) is 0 Å². The molecule has 184 valence electrons. The fourth-order valence-corrected chi connectivity index (χ4v) is 4.10. The smallest absolute Gasteiger partial charge is 0.188 e. The molecule has 0 spiro atoms. The molecule has 0 amide bonds. The van der Waals surface area contributed by atoms with Crippen LogP contribution in [0.3, 0.4) is 0 Å². The van der Waals surface area contributed by atoms with Crippen LogP contribution in [0.15, 0.2) is 36.4 Å². The first-order valence-electron chi connectivity index (χ1n) is 11.5. The molecule has 2 aromatic carbocycles. The molecule has 8 heteroatoms. The lowest BCUT2D eigenvalue weighted by Gasteiger charge is -2.29. The van der Waals surface area contributed by atoms with Crippen molar-refractivity contribution < 1.29 is 33.1 Å². The maximum Gasteiger partial charge on any atom is 0.188 e. The Hall–Kier alpha value is -2.92. The van der Waals surface area contributed by atoms with Gasteiger partial charge in [-0.25, -0.2) is 0 Å². The maximum absolute atomic E-state index is 13.9. The number of carbonyl (C=O) groups excluding carboxylic acids is 2. The van der Waals surface area contributed by atoms with Gasteiger partial charge in [0.2, 0.25) is 0 Å². The lowest BCUT2D eigenvalue weighted by molar-refractivity contribution is 0.0809. The topological polar surface area (TPSA) is 88.1 Å². The van der Waals surface area contributed by atoms with E-state index in [0.29, 0.717) is 49.4 Å². The van der Waals surface area contributed by atoms with E-state index < -0.39 is 31.1 Å². The van der Waals surface area contributed by atoms with Gasteiger partial charge in [0.1, 0.15) is 39.3 Å². The molecule has 0 saturated heterocycles. The zero-order chi connectivity index (χ0) is 25.3. The van der Waals surface area contributed by atoms with Gasteiger partial charge in [-0.2, -0.15) is 0 Å². The van der Waals surface area contributed by atoms with Crippen molar-refractivity contribution >= 4 is 20.0 Å². The van der Waals surface area contributed by atoms with E-state index in [1.165, 1.54) is 6.92 Å². The lowest BCUT2D eigenvalue weighted by atomic mass is 9.81. The summed E-state index contributed by atoms with van der Waals surface area (Å²) in [6, 6.07) is 10.1. The molecule has 0 saturated carbocycles. The number of ketones is 2. The molecular formula is C26H33O7P. The zero-order valence-electron chi connectivity index (χ0n) is 20.7. The number of ether oxygens (including phenoxy) is 4. The van der Waals surface area contributed by atoms with Gasteiger partial charge in [0.05, 0.1) is 26.4 Å². The number of Topliss-reactive ketones (excluding diaryl/α,β-unsaturated/α-hetero) is 2. The monoisotopic (exact) mass is 488 g/mol. The average molecular weight is 489 g/mol. The molecular weight excluding hydrogens is 455 g/mol. The molecule has 2 aromatic rings. The van der Waals surface area contributed by atoms with Gasteiger partial charge in [0.15, 0.2) is 20.0 Å². The molecule has 0 aliphatic rings. The van der Waals surface area contributed by atoms with E-state index in [4.69, 9.17) is 18.9 Å². The predicted molar refractivity (Wildman–Crippen MR) is 131 cm³/mol. The molecule has 2 unspecified atom stereocenters. The SMILES string of the molecule is CCOc1cccc(OCC)c1C(=O)C(C)C(C)(P=O)C(=O)c1c(OCC)cccc1OCC. The van der Waals surface area contributed by atoms with Crippen LogP contribution in [0, 0.1) is 5.92 Å². The lowest BCUT2D eigenvalue weighted by Crippen LogP contribution is -2.41. The third-order valence-corrected chi connectivity index (χ3v) is 6.50. The first-order chi connectivity index (χ1) is 16.3. The Labute approximate surface area is 202 Å². The highest BCUT2D eigenvalue weighted by Crippen LogP contribution is 2.43. The quantitative estimate of drug-likeness (QED) is 0.237. The molecule has 0 fully saturated rings. The third-order valence-electron chi connectivity index (χ3n) is 5.53. The Balaban J connectivity index is 2.62. The highest BCUT2D eigenvalue weighted by atomic mass is 31.1. The standard InChI is InChI=1S/C26H33O7P/c1-7-30-18-13-11-14-19(31-8-2)22(18)24(27)17(5)26(6,34-29)25(28)23-20(32-9-3)15-12-16-21(23)33-10-4/h11-17H,7-10H2,1-6H3. The number of benzene rings is 2. The molecule has 0 aromatic heterocycles. The van der Waals surface area contributed by atoms with Crippen molar-refractivity contribution in [3.05, 3.63) is 47.5 Å². The van der Waals surface area contributed by atoms with Crippen molar-refractivity contribution in [1.29, 1.82) is 0 Å². The minimum atomic E-state index is -1.60. The molecule has 0 N–H and O–H groups in total. The van der Waals surface area contributed by atoms with Gasteiger partial charge in [0, 0.05) is 5.92 Å². The third kappa shape index (κ3) is 5.58. The summed E-state index contributed by atoms with van der Waals surface area (Å²) < 4.78 is 35.3. The van der Waals surface area contributed by atoms with Crippen molar-refractivity contribution in [1.82, 2.24) is 0 Å². The van der Waals surface area contributed by atoms with Gasteiger partial charge in [-0.3, -0.25) is 14.2 Å². The second-order valence-electron chi connectivity index (χ2n) is 7.64. The molecule has 0 radical (unpaired) electrons. The van der Waals surface area contributed by atoms with Crippen LogP contribution < -0.4 is 18.9 Å². The number of hydrogen-bond acceptors (Lipinski definition) is 7. The van der Waals surface area contributed by atoms with Gasteiger partial charge in [-0.1, -0.05) is 19.1 Å². The van der Waals surface area contributed by atoms with Crippen molar-refractivity contribution in [2.24, 2.45) is 5.92 Å². The van der Waals surface area contributed by atoms with Crippen molar-refractivity contribution in [3.8, 4) is 23.0 Å². The zero-order valence-corrected chi connectivity index (χ0v) is 21.6. The summed E-state index contributed by atoms with van der Waals surface area (Å²) in [4.78, 5) is 27.7. The molecule has 7 nitrogen and oxygen atoms in total. The van der Waals surface area contributed by atoms with Crippen LogP contribution in [-0.4, -0.2) is 43.2 Å². The summed E-state index contributed by atoms with van der Waals surface area (Å²) in [6.07, 6.45) is 0. The van der Waals surface area contributed by atoms with E-state index in [1.54, 1.807) is 57.2 Å². The summed E-state index contributed by atoms with van der Waals surface area (Å²) in [5, 5.41) is -1.60. The fourth-order valence-electron chi connectivity index (χ4n) is 3.63. The Bertz CT molecular complexity index is 972. The van der Waals surface area contributed by atoms with Crippen LogP contribution in [0.2, 0.25) is 0 Å². The minimum absolute atomic E-state index is 0.167. The highest BCUT2D eigenvalue weighted by molar-refractivity contribution is 7.28. The van der Waals surface area contributed by atoms with Crippen molar-refractivity contribution in [2.75, 3.05) is 26.4 Å². The van der Waals surface area contributed by atoms with Gasteiger partial charge < -0.3 is 18.9 Å². The Morgan fingerprint density at radius 2 is 1.12 bits per heavy atom. The van der Waals surface area contributed by atoms with Crippen LogP contribution in [0.4, 0.5) is 0 Å². The fraction of sp³-hybridized carbons (Fsp3) is 0.462. The largest absolute Gasteiger partial charge is 0.493 e. The van der Waals surface area contributed by atoms with Crippen LogP contribution >= 0.6 is 8.46 Å². The van der Waals surface area contributed by atoms with E-state index in [-0.39, 0.29) is 11.1 Å². The maximum atomic E-state index is 13.9. The summed E-state index contributed by atoms with van der Waals surface area (Å²) in [5.74, 6) is -0.553. The number of hydrogen-bond donors (Lipinski definition) is 0. The molecule has 2 atom stereocenters. The van der Waals surface area contributed by atoms with E-state index in [9.17, 15) is 14.2 Å². The normalized spacial score (nSPS) is 13.6. The number of rotatable bonds is 14. The van der Waals surface area contributed by atoms with Crippen molar-refractivity contribution in [2.45, 2.75) is 46.7 Å². The van der Waals surface area contributed by atoms with E-state index in [1.807, 2.05) is 13.8 Å². The van der Waals surface area contributed by atoms with Crippen LogP contribution in [0.1, 0.15) is 62.3 Å². The minimum Gasteiger partial charge on any atom is -0.493 e. The van der Waals surface area contributed by atoms with Gasteiger partial charge >= 0.3 is 0 Å². The summed E-state index contributed by atoms with van der Waals surface area (Å²) >= 11 is 0. The van der Waals surface area contributed by atoms with E-state index in [0.717, 1.165) is 0 Å². The summed E-state index contributed by atoms with van der Waals surface area (Å²) in [5.41, 5.74) is 0.393. The van der Waals surface area contributed by atoms with Crippen LogP contribution in [-0.2, 0) is 4.57 Å². The average Bonchev–Trinajstić information content (AvgIpc) is 2.83. The number of carbonyl (C=O) groups is 2. The predicted octanol–water partition coefficient (Wildman–Crippen LogP) is 6.03. The second kappa shape index (κ2) is 12.5. The van der Waals surface area contributed by atoms with Crippen LogP contribution in [0.25, 0.3) is 0 Å². The van der Waals surface area contributed by atoms with Crippen molar-refractivity contribution in [3.63, 3.8) is 0 Å². The first kappa shape index (κ1) is 27.3.